The first-order valence-electron chi connectivity index (χ1n) is 32.0. The summed E-state index contributed by atoms with van der Waals surface area (Å²) in [7, 11) is 19.0. The molecule has 0 heterocycles. The van der Waals surface area contributed by atoms with Gasteiger partial charge in [-0.1, -0.05) is 128 Å². The van der Waals surface area contributed by atoms with E-state index in [9.17, 15) is 0 Å². The molecule has 0 bridgehead atoms. The lowest BCUT2D eigenvalue weighted by molar-refractivity contribution is -0.890. The topological polar surface area (TPSA) is 36.9 Å². The van der Waals surface area contributed by atoms with Gasteiger partial charge in [-0.3, -0.25) is 0 Å². The molecule has 442 valence electrons. The minimum atomic E-state index is 0.712. The molecule has 0 aliphatic rings. The molecule has 8 nitrogen and oxygen atoms in total. The second-order valence-electron chi connectivity index (χ2n) is 25.8. The summed E-state index contributed by atoms with van der Waals surface area (Å²) in [4.78, 5) is 0. The van der Waals surface area contributed by atoms with Gasteiger partial charge in [0, 0.05) is 12.1 Å². The van der Waals surface area contributed by atoms with E-state index in [2.05, 4.69) is 169 Å². The minimum absolute atomic E-state index is 0.712. The molecule has 0 radical (unpaired) electrons. The molecule has 0 saturated heterocycles. The number of benzene rings is 3. The van der Waals surface area contributed by atoms with E-state index in [1.54, 1.807) is 0 Å². The summed E-state index contributed by atoms with van der Waals surface area (Å²) in [5.74, 6) is 3.53. The lowest BCUT2D eigenvalue weighted by Crippen LogP contribution is -2.41. The maximum Gasteiger partial charge on any atom is 0.123 e. The van der Waals surface area contributed by atoms with Gasteiger partial charge in [-0.05, 0) is 149 Å². The number of hydrogen-bond acceptors (Lipinski definition) is 4. The second kappa shape index (κ2) is 39.6. The zero-order valence-electron chi connectivity index (χ0n) is 53.0. The fourth-order valence-corrected chi connectivity index (χ4v) is 10.5. The number of hydrogen-bond donors (Lipinski definition) is 0. The normalized spacial score (nSPS) is 12.6. The van der Waals surface area contributed by atoms with E-state index in [4.69, 9.17) is 18.9 Å². The molecule has 0 amide bonds. The molecule has 8 heteroatoms. The number of nitrogens with zero attached hydrogens (tertiary/aromatic N) is 4. The first-order valence-corrected chi connectivity index (χ1v) is 32.0. The van der Waals surface area contributed by atoms with E-state index in [0.717, 1.165) is 115 Å². The summed E-state index contributed by atoms with van der Waals surface area (Å²) in [6, 6.07) is 21.6. The molecule has 3 rings (SSSR count). The molecule has 3 aromatic rings. The third-order valence-electron chi connectivity index (χ3n) is 15.9. The van der Waals surface area contributed by atoms with Gasteiger partial charge in [-0.2, -0.15) is 0 Å². The van der Waals surface area contributed by atoms with E-state index < -0.39 is 0 Å². The van der Waals surface area contributed by atoms with Crippen LogP contribution in [-0.4, -0.2) is 153 Å². The molecule has 0 fully saturated rings. The molecule has 78 heavy (non-hydrogen) atoms. The molecule has 0 aromatic heterocycles. The van der Waals surface area contributed by atoms with Gasteiger partial charge in [0.25, 0.3) is 0 Å². The highest BCUT2D eigenvalue weighted by molar-refractivity contribution is 5.74. The van der Waals surface area contributed by atoms with Gasteiger partial charge < -0.3 is 36.9 Å². The van der Waals surface area contributed by atoms with Crippen LogP contribution >= 0.6 is 0 Å². The van der Waals surface area contributed by atoms with Gasteiger partial charge >= 0.3 is 0 Å². The first kappa shape index (κ1) is 68.5. The van der Waals surface area contributed by atoms with E-state index in [1.165, 1.54) is 155 Å². The maximum atomic E-state index is 6.45. The van der Waals surface area contributed by atoms with Crippen molar-refractivity contribution in [2.75, 3.05) is 135 Å². The minimum Gasteiger partial charge on any atom is -0.493 e. The van der Waals surface area contributed by atoms with Crippen LogP contribution in [0.3, 0.4) is 0 Å². The molecule has 0 aliphatic carbocycles. The van der Waals surface area contributed by atoms with Crippen LogP contribution in [0.4, 0.5) is 0 Å². The molecule has 0 atom stereocenters. The number of rotatable bonds is 48. The lowest BCUT2D eigenvalue weighted by atomic mass is 10.1. The standard InChI is InChI=1S/C70H122N4O4/c1-13-17-21-25-45-71(5,6)49-29-33-53-75-67-57-65(58-68(61-67)76-54-34-30-50-72(7,8)46-26-22-18-14-2)43-41-63-37-39-64(40-38-63)42-44-66-59-69(77-55-35-31-51-73(9,10)47-27-23-19-15-3)62-70(60-66)78-56-36-32-52-74(11,12)48-28-24-20-16-4/h37-44,57-62H,13-36,45-56H2,1-12H3/q+4/b43-41+,44-42+. The monoisotopic (exact) mass is 1080 g/mol. The van der Waals surface area contributed by atoms with E-state index in [0.29, 0.717) is 26.4 Å². The Morgan fingerprint density at radius 1 is 0.256 bits per heavy atom. The van der Waals surface area contributed by atoms with Crippen LogP contribution in [0.15, 0.2) is 60.7 Å². The van der Waals surface area contributed by atoms with Crippen molar-refractivity contribution in [3.05, 3.63) is 82.9 Å². The highest BCUT2D eigenvalue weighted by atomic mass is 16.5. The Morgan fingerprint density at radius 3 is 0.679 bits per heavy atom. The van der Waals surface area contributed by atoms with Gasteiger partial charge in [0.1, 0.15) is 23.0 Å². The predicted molar refractivity (Wildman–Crippen MR) is 340 cm³/mol. The molecule has 0 saturated carbocycles. The van der Waals surface area contributed by atoms with Crippen LogP contribution in [0.1, 0.15) is 204 Å². The van der Waals surface area contributed by atoms with Crippen LogP contribution in [0.25, 0.3) is 24.3 Å². The van der Waals surface area contributed by atoms with Crippen molar-refractivity contribution in [2.24, 2.45) is 0 Å². The van der Waals surface area contributed by atoms with Gasteiger partial charge in [-0.15, -0.1) is 0 Å². The Labute approximate surface area is 481 Å². The van der Waals surface area contributed by atoms with Crippen molar-refractivity contribution in [3.8, 4) is 23.0 Å². The molecular weight excluding hydrogens is 961 g/mol. The second-order valence-corrected chi connectivity index (χ2v) is 25.8. The fourth-order valence-electron chi connectivity index (χ4n) is 10.5. The average molecular weight is 1080 g/mol. The molecule has 0 N–H and O–H groups in total. The van der Waals surface area contributed by atoms with Crippen LogP contribution in [-0.2, 0) is 0 Å². The highest BCUT2D eigenvalue weighted by Crippen LogP contribution is 2.28. The number of ether oxygens (including phenoxy) is 4. The zero-order chi connectivity index (χ0) is 56.8. The van der Waals surface area contributed by atoms with Crippen LogP contribution < -0.4 is 18.9 Å². The lowest BCUT2D eigenvalue weighted by Gasteiger charge is -2.30. The van der Waals surface area contributed by atoms with E-state index in [1.807, 2.05) is 0 Å². The number of quaternary nitrogens is 4. The molecule has 0 aliphatic heterocycles. The van der Waals surface area contributed by atoms with Crippen molar-refractivity contribution < 1.29 is 36.9 Å². The molecule has 3 aromatic carbocycles. The third-order valence-corrected chi connectivity index (χ3v) is 15.9. The zero-order valence-corrected chi connectivity index (χ0v) is 53.0. The first-order chi connectivity index (χ1) is 37.5. The maximum absolute atomic E-state index is 6.45. The van der Waals surface area contributed by atoms with Gasteiger partial charge in [-0.25, -0.2) is 0 Å². The fraction of sp³-hybridized carbons (Fsp3) is 0.686. The molecule has 0 unspecified atom stereocenters. The summed E-state index contributed by atoms with van der Waals surface area (Å²) < 4.78 is 30.2. The molecular formula is C70H122N4O4+4. The van der Waals surface area contributed by atoms with Gasteiger partial charge in [0.05, 0.1) is 135 Å². The predicted octanol–water partition coefficient (Wildman–Crippen LogP) is 17.3. The van der Waals surface area contributed by atoms with Crippen molar-refractivity contribution in [1.82, 2.24) is 0 Å². The quantitative estimate of drug-likeness (QED) is 0.0321. The van der Waals surface area contributed by atoms with Crippen molar-refractivity contribution in [3.63, 3.8) is 0 Å². The number of unbranched alkanes of at least 4 members (excludes halogenated alkanes) is 16. The summed E-state index contributed by atoms with van der Waals surface area (Å²) in [5.41, 5.74) is 4.47. The van der Waals surface area contributed by atoms with Crippen molar-refractivity contribution in [1.29, 1.82) is 0 Å². The van der Waals surface area contributed by atoms with Gasteiger partial charge in [0.2, 0.25) is 0 Å². The molecule has 0 spiro atoms. The Morgan fingerprint density at radius 2 is 0.462 bits per heavy atom. The smallest absolute Gasteiger partial charge is 0.123 e. The van der Waals surface area contributed by atoms with Crippen molar-refractivity contribution in [2.45, 2.75) is 182 Å². The Hall–Kier alpha value is -3.82. The Kier molecular flexibility index (Phi) is 34.7. The van der Waals surface area contributed by atoms with Crippen LogP contribution in [0.2, 0.25) is 0 Å². The summed E-state index contributed by atoms with van der Waals surface area (Å²) in [5, 5.41) is 0. The summed E-state index contributed by atoms with van der Waals surface area (Å²) in [6.07, 6.45) is 38.8. The van der Waals surface area contributed by atoms with E-state index in [-0.39, 0.29) is 0 Å². The van der Waals surface area contributed by atoms with Crippen LogP contribution in [0.5, 0.6) is 23.0 Å². The average Bonchev–Trinajstić information content (AvgIpc) is 3.40. The summed E-state index contributed by atoms with van der Waals surface area (Å²) >= 11 is 0. The van der Waals surface area contributed by atoms with Gasteiger partial charge in [0.15, 0.2) is 0 Å². The Balaban J connectivity index is 1.69. The van der Waals surface area contributed by atoms with E-state index >= 15 is 0 Å². The highest BCUT2D eigenvalue weighted by Gasteiger charge is 2.18. The largest absolute Gasteiger partial charge is 0.493 e. The SMILES string of the molecule is CCCCCC[N+](C)(C)CCCCOc1cc(/C=C/c2ccc(/C=C/c3cc(OCCCC[N+](C)(C)CCCCCC)cc(OCCCC[N+](C)(C)CCCCCC)c3)cc2)cc(OCCCC[N+](C)(C)CCCCCC)c1. The van der Waals surface area contributed by atoms with Crippen LogP contribution in [0, 0.1) is 0 Å². The van der Waals surface area contributed by atoms with Crippen molar-refractivity contribution >= 4 is 24.3 Å². The Bertz CT molecular complexity index is 1790. The summed E-state index contributed by atoms with van der Waals surface area (Å²) in [6.45, 7) is 21.7. The third kappa shape index (κ3) is 33.7.